The molecule has 0 bridgehead atoms. The van der Waals surface area contributed by atoms with Crippen molar-refractivity contribution in [3.8, 4) is 0 Å². The fourth-order valence-corrected chi connectivity index (χ4v) is 2.84. The van der Waals surface area contributed by atoms with Crippen LogP contribution in [0.4, 0.5) is 0 Å². The first-order chi connectivity index (χ1) is 9.70. The van der Waals surface area contributed by atoms with Gasteiger partial charge in [-0.2, -0.15) is 0 Å². The number of aromatic amines is 1. The standard InChI is InChI=1S/C14H16N4O2/c1-2-13(19)17-7-3-4-10(9-17)18-12-5-6-15-8-11(12)16-14(18)20/h2,5-6,8,10H,1,3-4,7,9H2,(H,16,20)/t10-/m1/s1. The summed E-state index contributed by atoms with van der Waals surface area (Å²) in [6.45, 7) is 4.78. The lowest BCUT2D eigenvalue weighted by atomic mass is 10.1. The summed E-state index contributed by atoms with van der Waals surface area (Å²) in [4.78, 5) is 32.4. The van der Waals surface area contributed by atoms with E-state index in [-0.39, 0.29) is 17.6 Å². The fraction of sp³-hybridized carbons (Fsp3) is 0.357. The summed E-state index contributed by atoms with van der Waals surface area (Å²) in [5, 5.41) is 0. The second kappa shape index (κ2) is 4.96. The predicted octanol–water partition coefficient (Wildman–Crippen LogP) is 1.07. The van der Waals surface area contributed by atoms with Crippen LogP contribution in [0.25, 0.3) is 11.0 Å². The fourth-order valence-electron chi connectivity index (χ4n) is 2.84. The van der Waals surface area contributed by atoms with E-state index >= 15 is 0 Å². The number of amides is 1. The van der Waals surface area contributed by atoms with Gasteiger partial charge < -0.3 is 9.88 Å². The number of carbonyl (C=O) groups excluding carboxylic acids is 1. The number of nitrogens with zero attached hydrogens (tertiary/aromatic N) is 3. The quantitative estimate of drug-likeness (QED) is 0.831. The van der Waals surface area contributed by atoms with Crippen molar-refractivity contribution in [2.45, 2.75) is 18.9 Å². The minimum absolute atomic E-state index is 0.00343. The van der Waals surface area contributed by atoms with E-state index in [1.165, 1.54) is 6.08 Å². The summed E-state index contributed by atoms with van der Waals surface area (Å²) >= 11 is 0. The van der Waals surface area contributed by atoms with Crippen LogP contribution in [0.1, 0.15) is 18.9 Å². The SMILES string of the molecule is C=CC(=O)N1CCC[C@@H](n2c(=O)[nH]c3cnccc32)C1. The van der Waals surface area contributed by atoms with E-state index in [9.17, 15) is 9.59 Å². The monoisotopic (exact) mass is 272 g/mol. The molecule has 0 aromatic carbocycles. The first kappa shape index (κ1) is 12.7. The van der Waals surface area contributed by atoms with Crippen LogP contribution < -0.4 is 5.69 Å². The maximum atomic E-state index is 12.1. The first-order valence-corrected chi connectivity index (χ1v) is 6.66. The van der Waals surface area contributed by atoms with Gasteiger partial charge >= 0.3 is 5.69 Å². The van der Waals surface area contributed by atoms with Gasteiger partial charge in [0, 0.05) is 19.3 Å². The third-order valence-corrected chi connectivity index (χ3v) is 3.77. The zero-order valence-electron chi connectivity index (χ0n) is 11.1. The van der Waals surface area contributed by atoms with Gasteiger partial charge in [-0.05, 0) is 25.0 Å². The van der Waals surface area contributed by atoms with Gasteiger partial charge in [-0.25, -0.2) is 4.79 Å². The molecule has 2 aromatic heterocycles. The number of imidazole rings is 1. The molecule has 6 heteroatoms. The van der Waals surface area contributed by atoms with Gasteiger partial charge in [-0.3, -0.25) is 14.3 Å². The van der Waals surface area contributed by atoms with Crippen LogP contribution in [0.5, 0.6) is 0 Å². The molecular formula is C14H16N4O2. The van der Waals surface area contributed by atoms with Gasteiger partial charge in [0.1, 0.15) is 0 Å². The Morgan fingerprint density at radius 3 is 3.20 bits per heavy atom. The summed E-state index contributed by atoms with van der Waals surface area (Å²) in [5.74, 6) is -0.0794. The van der Waals surface area contributed by atoms with Crippen molar-refractivity contribution < 1.29 is 4.79 Å². The molecule has 0 aliphatic carbocycles. The topological polar surface area (TPSA) is 71.0 Å². The third-order valence-electron chi connectivity index (χ3n) is 3.77. The van der Waals surface area contributed by atoms with E-state index in [0.29, 0.717) is 6.54 Å². The summed E-state index contributed by atoms with van der Waals surface area (Å²) in [5.41, 5.74) is 1.42. The van der Waals surface area contributed by atoms with Gasteiger partial charge in [0.05, 0.1) is 23.3 Å². The highest BCUT2D eigenvalue weighted by Crippen LogP contribution is 2.23. The summed E-state index contributed by atoms with van der Waals surface area (Å²) in [6, 6.07) is 1.82. The van der Waals surface area contributed by atoms with Crippen LogP contribution in [-0.2, 0) is 4.79 Å². The maximum Gasteiger partial charge on any atom is 0.326 e. The van der Waals surface area contributed by atoms with Crippen molar-refractivity contribution in [2.24, 2.45) is 0 Å². The highest BCUT2D eigenvalue weighted by atomic mass is 16.2. The van der Waals surface area contributed by atoms with Crippen molar-refractivity contribution in [3.05, 3.63) is 41.6 Å². The minimum atomic E-state index is -0.147. The maximum absolute atomic E-state index is 12.1. The molecule has 1 N–H and O–H groups in total. The van der Waals surface area contributed by atoms with Gasteiger partial charge in [0.25, 0.3) is 0 Å². The van der Waals surface area contributed by atoms with Crippen molar-refractivity contribution in [3.63, 3.8) is 0 Å². The van der Waals surface area contributed by atoms with E-state index in [0.717, 1.165) is 30.4 Å². The van der Waals surface area contributed by atoms with E-state index in [1.54, 1.807) is 21.9 Å². The molecule has 104 valence electrons. The number of carbonyl (C=O) groups is 1. The van der Waals surface area contributed by atoms with Crippen molar-refractivity contribution in [1.29, 1.82) is 0 Å². The Balaban J connectivity index is 1.98. The highest BCUT2D eigenvalue weighted by molar-refractivity contribution is 5.87. The Kier molecular flexibility index (Phi) is 3.14. The Labute approximate surface area is 115 Å². The lowest BCUT2D eigenvalue weighted by Crippen LogP contribution is -2.41. The molecule has 1 aliphatic heterocycles. The number of H-pyrrole nitrogens is 1. The average molecular weight is 272 g/mol. The number of hydrogen-bond acceptors (Lipinski definition) is 3. The molecule has 1 saturated heterocycles. The Bertz CT molecular complexity index is 715. The smallest absolute Gasteiger partial charge is 0.326 e. The molecule has 3 rings (SSSR count). The Morgan fingerprint density at radius 1 is 1.55 bits per heavy atom. The third kappa shape index (κ3) is 2.03. The average Bonchev–Trinajstić information content (AvgIpc) is 2.82. The molecule has 0 unspecified atom stereocenters. The van der Waals surface area contributed by atoms with Crippen LogP contribution in [0.2, 0.25) is 0 Å². The van der Waals surface area contributed by atoms with Gasteiger partial charge in [0.2, 0.25) is 5.91 Å². The zero-order valence-corrected chi connectivity index (χ0v) is 11.1. The van der Waals surface area contributed by atoms with E-state index in [4.69, 9.17) is 0 Å². The normalized spacial score (nSPS) is 19.2. The zero-order chi connectivity index (χ0) is 14.1. The number of nitrogens with one attached hydrogen (secondary N) is 1. The molecule has 0 spiro atoms. The largest absolute Gasteiger partial charge is 0.337 e. The van der Waals surface area contributed by atoms with Crippen LogP contribution in [-0.4, -0.2) is 38.4 Å². The van der Waals surface area contributed by atoms with E-state index in [1.807, 2.05) is 6.07 Å². The number of hydrogen-bond donors (Lipinski definition) is 1. The second-order valence-electron chi connectivity index (χ2n) is 4.98. The number of rotatable bonds is 2. The summed E-state index contributed by atoms with van der Waals surface area (Å²) in [6.07, 6.45) is 6.40. The van der Waals surface area contributed by atoms with Gasteiger partial charge in [0.15, 0.2) is 0 Å². The number of piperidine rings is 1. The Morgan fingerprint density at radius 2 is 2.40 bits per heavy atom. The molecule has 1 fully saturated rings. The molecular weight excluding hydrogens is 256 g/mol. The van der Waals surface area contributed by atoms with E-state index < -0.39 is 0 Å². The number of fused-ring (bicyclic) bond motifs is 1. The lowest BCUT2D eigenvalue weighted by molar-refractivity contribution is -0.127. The van der Waals surface area contributed by atoms with Crippen LogP contribution in [0.3, 0.4) is 0 Å². The predicted molar refractivity (Wildman–Crippen MR) is 75.4 cm³/mol. The van der Waals surface area contributed by atoms with E-state index in [2.05, 4.69) is 16.5 Å². The molecule has 3 heterocycles. The molecule has 1 amide bonds. The highest BCUT2D eigenvalue weighted by Gasteiger charge is 2.25. The van der Waals surface area contributed by atoms with Crippen molar-refractivity contribution in [2.75, 3.05) is 13.1 Å². The molecule has 0 radical (unpaired) electrons. The molecule has 1 atom stereocenters. The van der Waals surface area contributed by atoms with Crippen molar-refractivity contribution >= 4 is 16.9 Å². The second-order valence-corrected chi connectivity index (χ2v) is 4.98. The van der Waals surface area contributed by atoms with Crippen molar-refractivity contribution in [1.82, 2.24) is 19.4 Å². The molecule has 1 aliphatic rings. The van der Waals surface area contributed by atoms with Gasteiger partial charge in [-0.1, -0.05) is 6.58 Å². The first-order valence-electron chi connectivity index (χ1n) is 6.66. The summed E-state index contributed by atoms with van der Waals surface area (Å²) in [7, 11) is 0. The lowest BCUT2D eigenvalue weighted by Gasteiger charge is -2.32. The molecule has 0 saturated carbocycles. The molecule has 2 aromatic rings. The number of likely N-dealkylation sites (tertiary alicyclic amines) is 1. The summed E-state index contributed by atoms with van der Waals surface area (Å²) < 4.78 is 1.74. The Hall–Kier alpha value is -2.37. The van der Waals surface area contributed by atoms with Crippen LogP contribution in [0, 0.1) is 0 Å². The molecule has 6 nitrogen and oxygen atoms in total. The number of aromatic nitrogens is 3. The van der Waals surface area contributed by atoms with Crippen LogP contribution in [0.15, 0.2) is 35.9 Å². The van der Waals surface area contributed by atoms with Crippen LogP contribution >= 0.6 is 0 Å². The van der Waals surface area contributed by atoms with Gasteiger partial charge in [-0.15, -0.1) is 0 Å². The minimum Gasteiger partial charge on any atom is -0.337 e. The molecule has 20 heavy (non-hydrogen) atoms. The number of pyridine rings is 1.